The van der Waals surface area contributed by atoms with Crippen molar-refractivity contribution >= 4 is 15.7 Å². The average molecular weight is 346 g/mol. The molecule has 1 aliphatic carbocycles. The molecule has 0 radical (unpaired) electrons. The Balaban J connectivity index is 1.77. The fourth-order valence-corrected chi connectivity index (χ4v) is 3.69. The molecule has 7 heteroatoms. The van der Waals surface area contributed by atoms with E-state index < -0.39 is 26.9 Å². The summed E-state index contributed by atoms with van der Waals surface area (Å²) in [6, 6.07) is 3.77. The minimum atomic E-state index is -3.22. The Hall–Kier alpha value is -1.21. The molecular formula is C16H24F2N2O2S. The van der Waals surface area contributed by atoms with Crippen molar-refractivity contribution in [1.82, 2.24) is 4.72 Å². The van der Waals surface area contributed by atoms with Gasteiger partial charge in [-0.05, 0) is 63.6 Å². The Morgan fingerprint density at radius 2 is 1.78 bits per heavy atom. The molecule has 0 bridgehead atoms. The molecule has 23 heavy (non-hydrogen) atoms. The van der Waals surface area contributed by atoms with Crippen LogP contribution in [0.2, 0.25) is 0 Å². The number of benzene rings is 1. The van der Waals surface area contributed by atoms with Gasteiger partial charge in [0.2, 0.25) is 10.0 Å². The minimum Gasteiger partial charge on any atom is -0.385 e. The quantitative estimate of drug-likeness (QED) is 0.831. The zero-order valence-corrected chi connectivity index (χ0v) is 14.3. The highest BCUT2D eigenvalue weighted by molar-refractivity contribution is 7.90. The maximum Gasteiger partial charge on any atom is 0.214 e. The first-order valence-corrected chi connectivity index (χ1v) is 9.52. The first-order chi connectivity index (χ1) is 10.8. The second-order valence-electron chi connectivity index (χ2n) is 6.44. The third-order valence-electron chi connectivity index (χ3n) is 4.31. The van der Waals surface area contributed by atoms with Crippen molar-refractivity contribution in [3.8, 4) is 0 Å². The van der Waals surface area contributed by atoms with Gasteiger partial charge in [0, 0.05) is 18.3 Å². The Morgan fingerprint density at radius 3 is 2.35 bits per heavy atom. The standard InChI is InChI=1S/C16H24F2N2O2S/c1-11(2)23(21,22)20-13-5-3-12(4-6-13)10-19-14-7-8-15(17)16(18)9-14/h7-9,11-13,19-20H,3-6,10H2,1-2H3. The van der Waals surface area contributed by atoms with Crippen molar-refractivity contribution in [3.05, 3.63) is 29.8 Å². The lowest BCUT2D eigenvalue weighted by atomic mass is 9.86. The van der Waals surface area contributed by atoms with E-state index in [-0.39, 0.29) is 6.04 Å². The number of sulfonamides is 1. The molecule has 4 nitrogen and oxygen atoms in total. The molecule has 1 aromatic rings. The summed E-state index contributed by atoms with van der Waals surface area (Å²) in [6.07, 6.45) is 3.41. The van der Waals surface area contributed by atoms with Crippen LogP contribution in [0.15, 0.2) is 18.2 Å². The minimum absolute atomic E-state index is 0.00177. The van der Waals surface area contributed by atoms with E-state index in [9.17, 15) is 17.2 Å². The number of halogens is 2. The summed E-state index contributed by atoms with van der Waals surface area (Å²) in [5.41, 5.74) is 0.562. The van der Waals surface area contributed by atoms with Crippen LogP contribution >= 0.6 is 0 Å². The summed E-state index contributed by atoms with van der Waals surface area (Å²) in [6.45, 7) is 4.01. The molecule has 2 rings (SSSR count). The van der Waals surface area contributed by atoms with E-state index in [0.717, 1.165) is 37.8 Å². The van der Waals surface area contributed by atoms with E-state index in [0.29, 0.717) is 18.2 Å². The van der Waals surface area contributed by atoms with Crippen LogP contribution in [0.4, 0.5) is 14.5 Å². The van der Waals surface area contributed by atoms with Gasteiger partial charge in [-0.1, -0.05) is 0 Å². The van der Waals surface area contributed by atoms with E-state index >= 15 is 0 Å². The van der Waals surface area contributed by atoms with Crippen LogP contribution in [0.5, 0.6) is 0 Å². The van der Waals surface area contributed by atoms with Gasteiger partial charge in [-0.2, -0.15) is 0 Å². The maximum atomic E-state index is 13.1. The second-order valence-corrected chi connectivity index (χ2v) is 8.71. The normalized spacial score (nSPS) is 22.3. The lowest BCUT2D eigenvalue weighted by Gasteiger charge is -2.29. The average Bonchev–Trinajstić information content (AvgIpc) is 2.49. The van der Waals surface area contributed by atoms with Gasteiger partial charge in [0.15, 0.2) is 11.6 Å². The Morgan fingerprint density at radius 1 is 1.13 bits per heavy atom. The Bertz CT molecular complexity index is 627. The van der Waals surface area contributed by atoms with Crippen LogP contribution in [-0.4, -0.2) is 26.3 Å². The molecule has 1 aromatic carbocycles. The Labute approximate surface area is 136 Å². The van der Waals surface area contributed by atoms with Gasteiger partial charge in [-0.3, -0.25) is 0 Å². The molecule has 0 aliphatic heterocycles. The van der Waals surface area contributed by atoms with Gasteiger partial charge in [0.25, 0.3) is 0 Å². The second kappa shape index (κ2) is 7.57. The molecule has 0 atom stereocenters. The first kappa shape index (κ1) is 18.1. The van der Waals surface area contributed by atoms with Gasteiger partial charge >= 0.3 is 0 Å². The summed E-state index contributed by atoms with van der Waals surface area (Å²) in [4.78, 5) is 0. The van der Waals surface area contributed by atoms with Gasteiger partial charge in [0.1, 0.15) is 0 Å². The zero-order valence-electron chi connectivity index (χ0n) is 13.5. The molecule has 0 aromatic heterocycles. The topological polar surface area (TPSA) is 58.2 Å². The van der Waals surface area contributed by atoms with Crippen molar-refractivity contribution in [1.29, 1.82) is 0 Å². The zero-order chi connectivity index (χ0) is 17.0. The van der Waals surface area contributed by atoms with E-state index in [2.05, 4.69) is 10.0 Å². The van der Waals surface area contributed by atoms with Crippen LogP contribution in [-0.2, 0) is 10.0 Å². The van der Waals surface area contributed by atoms with Crippen LogP contribution in [0, 0.1) is 17.6 Å². The largest absolute Gasteiger partial charge is 0.385 e. The lowest BCUT2D eigenvalue weighted by molar-refractivity contribution is 0.323. The third-order valence-corrected chi connectivity index (χ3v) is 6.22. The van der Waals surface area contributed by atoms with E-state index in [1.54, 1.807) is 13.8 Å². The van der Waals surface area contributed by atoms with Crippen molar-refractivity contribution < 1.29 is 17.2 Å². The van der Waals surface area contributed by atoms with Crippen LogP contribution in [0.25, 0.3) is 0 Å². The van der Waals surface area contributed by atoms with Gasteiger partial charge < -0.3 is 5.32 Å². The monoisotopic (exact) mass is 346 g/mol. The predicted molar refractivity (Wildman–Crippen MR) is 87.8 cm³/mol. The smallest absolute Gasteiger partial charge is 0.214 e. The molecule has 1 aliphatic rings. The molecule has 0 spiro atoms. The fourth-order valence-electron chi connectivity index (χ4n) is 2.72. The summed E-state index contributed by atoms with van der Waals surface area (Å²) in [5, 5.41) is 2.70. The summed E-state index contributed by atoms with van der Waals surface area (Å²) in [7, 11) is -3.22. The van der Waals surface area contributed by atoms with Gasteiger partial charge in [-0.15, -0.1) is 0 Å². The third kappa shape index (κ3) is 5.14. The van der Waals surface area contributed by atoms with Crippen LogP contribution < -0.4 is 10.0 Å². The number of anilines is 1. The molecule has 0 saturated heterocycles. The highest BCUT2D eigenvalue weighted by Gasteiger charge is 2.26. The van der Waals surface area contributed by atoms with Gasteiger partial charge in [-0.25, -0.2) is 21.9 Å². The molecule has 0 heterocycles. The first-order valence-electron chi connectivity index (χ1n) is 7.98. The van der Waals surface area contributed by atoms with E-state index in [4.69, 9.17) is 0 Å². The predicted octanol–water partition coefficient (Wildman–Crippen LogP) is 3.26. The molecular weight excluding hydrogens is 322 g/mol. The lowest BCUT2D eigenvalue weighted by Crippen LogP contribution is -2.41. The molecule has 0 unspecified atom stereocenters. The van der Waals surface area contributed by atoms with Crippen molar-refractivity contribution in [2.24, 2.45) is 5.92 Å². The summed E-state index contributed by atoms with van der Waals surface area (Å²) < 4.78 is 52.5. The number of nitrogens with one attached hydrogen (secondary N) is 2. The van der Waals surface area contributed by atoms with E-state index in [1.165, 1.54) is 6.07 Å². The van der Waals surface area contributed by atoms with Crippen LogP contribution in [0.3, 0.4) is 0 Å². The number of rotatable bonds is 6. The summed E-state index contributed by atoms with van der Waals surface area (Å²) in [5.74, 6) is -1.31. The molecule has 2 N–H and O–H groups in total. The molecule has 0 amide bonds. The molecule has 130 valence electrons. The highest BCUT2D eigenvalue weighted by Crippen LogP contribution is 2.25. The maximum absolute atomic E-state index is 13.1. The number of hydrogen-bond donors (Lipinski definition) is 2. The number of hydrogen-bond acceptors (Lipinski definition) is 3. The van der Waals surface area contributed by atoms with Gasteiger partial charge in [0.05, 0.1) is 5.25 Å². The van der Waals surface area contributed by atoms with E-state index in [1.807, 2.05) is 0 Å². The Kier molecular flexibility index (Phi) is 5.97. The molecule has 1 saturated carbocycles. The van der Waals surface area contributed by atoms with Crippen molar-refractivity contribution in [2.75, 3.05) is 11.9 Å². The fraction of sp³-hybridized carbons (Fsp3) is 0.625. The van der Waals surface area contributed by atoms with Crippen molar-refractivity contribution in [3.63, 3.8) is 0 Å². The highest BCUT2D eigenvalue weighted by atomic mass is 32.2. The van der Waals surface area contributed by atoms with Crippen LogP contribution in [0.1, 0.15) is 39.5 Å². The SMILES string of the molecule is CC(C)S(=O)(=O)NC1CCC(CNc2ccc(F)c(F)c2)CC1. The summed E-state index contributed by atoms with van der Waals surface area (Å²) >= 11 is 0. The molecule has 1 fully saturated rings. The van der Waals surface area contributed by atoms with Crippen molar-refractivity contribution in [2.45, 2.75) is 50.8 Å².